The summed E-state index contributed by atoms with van der Waals surface area (Å²) in [7, 11) is 0. The van der Waals surface area contributed by atoms with Gasteiger partial charge in [0.05, 0.1) is 19.3 Å². The standard InChI is InChI=1S/C11H21NO4/c1-2-15-11(13)9-14-8-7-12-16-10-5-3-4-6-10/h10,12H,2-9H2,1H3. The van der Waals surface area contributed by atoms with Gasteiger partial charge in [-0.15, -0.1) is 0 Å². The molecule has 1 N–H and O–H groups in total. The summed E-state index contributed by atoms with van der Waals surface area (Å²) in [6, 6.07) is 0. The molecule has 16 heavy (non-hydrogen) atoms. The van der Waals surface area contributed by atoms with Crippen LogP contribution in [0.25, 0.3) is 0 Å². The molecule has 1 fully saturated rings. The van der Waals surface area contributed by atoms with Gasteiger partial charge < -0.3 is 9.47 Å². The van der Waals surface area contributed by atoms with Gasteiger partial charge in [-0.25, -0.2) is 4.79 Å². The number of esters is 1. The summed E-state index contributed by atoms with van der Waals surface area (Å²) in [5, 5.41) is 0. The van der Waals surface area contributed by atoms with E-state index in [4.69, 9.17) is 14.3 Å². The maximum atomic E-state index is 10.9. The second-order valence-corrected chi connectivity index (χ2v) is 3.78. The molecule has 0 aliphatic heterocycles. The van der Waals surface area contributed by atoms with Crippen molar-refractivity contribution in [1.82, 2.24) is 5.48 Å². The molecule has 1 aliphatic rings. The third-order valence-electron chi connectivity index (χ3n) is 2.43. The van der Waals surface area contributed by atoms with Gasteiger partial charge in [-0.05, 0) is 19.8 Å². The number of carbonyl (C=O) groups excluding carboxylic acids is 1. The molecule has 0 bridgehead atoms. The van der Waals surface area contributed by atoms with Gasteiger partial charge in [-0.1, -0.05) is 12.8 Å². The molecule has 0 spiro atoms. The zero-order valence-electron chi connectivity index (χ0n) is 9.87. The molecule has 1 saturated carbocycles. The van der Waals surface area contributed by atoms with E-state index in [1.165, 1.54) is 12.8 Å². The quantitative estimate of drug-likeness (QED) is 0.384. The Kier molecular flexibility index (Phi) is 7.12. The highest BCUT2D eigenvalue weighted by atomic mass is 16.7. The van der Waals surface area contributed by atoms with Crippen LogP contribution in [0.2, 0.25) is 0 Å². The number of nitrogens with one attached hydrogen (secondary N) is 1. The van der Waals surface area contributed by atoms with Crippen LogP contribution in [-0.4, -0.2) is 38.4 Å². The van der Waals surface area contributed by atoms with Crippen molar-refractivity contribution in [2.45, 2.75) is 38.7 Å². The first kappa shape index (κ1) is 13.4. The van der Waals surface area contributed by atoms with Crippen LogP contribution >= 0.6 is 0 Å². The lowest BCUT2D eigenvalue weighted by Gasteiger charge is -2.11. The van der Waals surface area contributed by atoms with Crippen LogP contribution < -0.4 is 5.48 Å². The minimum atomic E-state index is -0.320. The van der Waals surface area contributed by atoms with Gasteiger partial charge in [0.1, 0.15) is 6.61 Å². The van der Waals surface area contributed by atoms with Crippen molar-refractivity contribution < 1.29 is 19.1 Å². The minimum Gasteiger partial charge on any atom is -0.464 e. The number of ether oxygens (including phenoxy) is 2. The molecule has 0 radical (unpaired) electrons. The molecule has 0 aromatic heterocycles. The SMILES string of the molecule is CCOC(=O)COCCNOC1CCCC1. The summed E-state index contributed by atoms with van der Waals surface area (Å²) in [5.41, 5.74) is 2.86. The number of rotatable bonds is 8. The van der Waals surface area contributed by atoms with Crippen molar-refractivity contribution >= 4 is 5.97 Å². The van der Waals surface area contributed by atoms with Gasteiger partial charge in [0, 0.05) is 6.54 Å². The molecule has 0 unspecified atom stereocenters. The summed E-state index contributed by atoms with van der Waals surface area (Å²) in [6.07, 6.45) is 5.13. The molecule has 0 amide bonds. The topological polar surface area (TPSA) is 56.8 Å². The Bertz CT molecular complexity index is 192. The molecule has 94 valence electrons. The number of hydroxylamine groups is 1. The summed E-state index contributed by atoms with van der Waals surface area (Å²) in [4.78, 5) is 16.3. The lowest BCUT2D eigenvalue weighted by molar-refractivity contribution is -0.148. The Hall–Kier alpha value is -0.650. The van der Waals surface area contributed by atoms with Crippen LogP contribution in [-0.2, 0) is 19.1 Å². The van der Waals surface area contributed by atoms with Gasteiger partial charge in [0.15, 0.2) is 0 Å². The van der Waals surface area contributed by atoms with E-state index < -0.39 is 0 Å². The first-order chi connectivity index (χ1) is 7.83. The maximum absolute atomic E-state index is 10.9. The van der Waals surface area contributed by atoms with Gasteiger partial charge in [-0.2, -0.15) is 5.48 Å². The predicted molar refractivity (Wildman–Crippen MR) is 58.8 cm³/mol. The van der Waals surface area contributed by atoms with E-state index in [0.29, 0.717) is 25.9 Å². The molecule has 1 aliphatic carbocycles. The second-order valence-electron chi connectivity index (χ2n) is 3.78. The van der Waals surface area contributed by atoms with Gasteiger partial charge >= 0.3 is 5.97 Å². The average Bonchev–Trinajstić information content (AvgIpc) is 2.76. The van der Waals surface area contributed by atoms with E-state index in [2.05, 4.69) is 5.48 Å². The lowest BCUT2D eigenvalue weighted by Crippen LogP contribution is -2.26. The van der Waals surface area contributed by atoms with Crippen molar-refractivity contribution in [1.29, 1.82) is 0 Å². The number of hydrogen-bond acceptors (Lipinski definition) is 5. The fraction of sp³-hybridized carbons (Fsp3) is 0.909. The molecular formula is C11H21NO4. The summed E-state index contributed by atoms with van der Waals surface area (Å²) < 4.78 is 9.81. The Morgan fingerprint density at radius 3 is 2.81 bits per heavy atom. The summed E-state index contributed by atoms with van der Waals surface area (Å²) >= 11 is 0. The van der Waals surface area contributed by atoms with Crippen LogP contribution in [0, 0.1) is 0 Å². The van der Waals surface area contributed by atoms with E-state index in [0.717, 1.165) is 12.8 Å². The first-order valence-corrected chi connectivity index (χ1v) is 5.94. The van der Waals surface area contributed by atoms with Crippen molar-refractivity contribution in [3.05, 3.63) is 0 Å². The second kappa shape index (κ2) is 8.50. The molecule has 0 aromatic rings. The Balaban J connectivity index is 1.82. The van der Waals surface area contributed by atoms with E-state index in [1.807, 2.05) is 0 Å². The molecule has 0 atom stereocenters. The molecule has 5 nitrogen and oxygen atoms in total. The Labute approximate surface area is 96.4 Å². The molecule has 0 aromatic carbocycles. The molecule has 0 saturated heterocycles. The molecule has 1 rings (SSSR count). The van der Waals surface area contributed by atoms with E-state index >= 15 is 0 Å². The first-order valence-electron chi connectivity index (χ1n) is 5.94. The third kappa shape index (κ3) is 6.05. The van der Waals surface area contributed by atoms with Crippen LogP contribution in [0.1, 0.15) is 32.6 Å². The minimum absolute atomic E-state index is 0.0128. The predicted octanol–water partition coefficient (Wildman–Crippen LogP) is 1.03. The smallest absolute Gasteiger partial charge is 0.332 e. The van der Waals surface area contributed by atoms with Gasteiger partial charge in [0.2, 0.25) is 0 Å². The van der Waals surface area contributed by atoms with Crippen LogP contribution in [0.4, 0.5) is 0 Å². The zero-order valence-corrected chi connectivity index (χ0v) is 9.87. The Morgan fingerprint density at radius 2 is 2.12 bits per heavy atom. The monoisotopic (exact) mass is 231 g/mol. The van der Waals surface area contributed by atoms with Gasteiger partial charge in [0.25, 0.3) is 0 Å². The van der Waals surface area contributed by atoms with Crippen molar-refractivity contribution in [3.8, 4) is 0 Å². The normalized spacial score (nSPS) is 16.6. The van der Waals surface area contributed by atoms with E-state index in [1.54, 1.807) is 6.92 Å². The molecule has 5 heteroatoms. The molecule has 0 heterocycles. The highest BCUT2D eigenvalue weighted by Crippen LogP contribution is 2.19. The van der Waals surface area contributed by atoms with Gasteiger partial charge in [-0.3, -0.25) is 4.84 Å². The largest absolute Gasteiger partial charge is 0.464 e. The van der Waals surface area contributed by atoms with Crippen LogP contribution in [0.3, 0.4) is 0 Å². The summed E-state index contributed by atoms with van der Waals surface area (Å²) in [6.45, 7) is 3.22. The molecular weight excluding hydrogens is 210 g/mol. The van der Waals surface area contributed by atoms with Crippen molar-refractivity contribution in [3.63, 3.8) is 0 Å². The van der Waals surface area contributed by atoms with E-state index in [9.17, 15) is 4.79 Å². The van der Waals surface area contributed by atoms with Crippen molar-refractivity contribution in [2.24, 2.45) is 0 Å². The zero-order chi connectivity index (χ0) is 11.6. The van der Waals surface area contributed by atoms with Crippen molar-refractivity contribution in [2.75, 3.05) is 26.4 Å². The fourth-order valence-corrected chi connectivity index (χ4v) is 1.65. The van der Waals surface area contributed by atoms with Crippen LogP contribution in [0.15, 0.2) is 0 Å². The average molecular weight is 231 g/mol. The number of hydrogen-bond donors (Lipinski definition) is 1. The Morgan fingerprint density at radius 1 is 1.38 bits per heavy atom. The lowest BCUT2D eigenvalue weighted by atomic mass is 10.3. The summed E-state index contributed by atoms with van der Waals surface area (Å²) in [5.74, 6) is -0.320. The number of carbonyl (C=O) groups is 1. The fourth-order valence-electron chi connectivity index (χ4n) is 1.65. The third-order valence-corrected chi connectivity index (χ3v) is 2.43. The maximum Gasteiger partial charge on any atom is 0.332 e. The highest BCUT2D eigenvalue weighted by molar-refractivity contribution is 5.70. The van der Waals surface area contributed by atoms with E-state index in [-0.39, 0.29) is 12.6 Å². The highest BCUT2D eigenvalue weighted by Gasteiger charge is 2.14. The van der Waals surface area contributed by atoms with Crippen LogP contribution in [0.5, 0.6) is 0 Å².